The Morgan fingerprint density at radius 1 is 1.42 bits per heavy atom. The minimum Gasteiger partial charge on any atom is -0.328 e. The van der Waals surface area contributed by atoms with E-state index in [0.29, 0.717) is 6.04 Å². The maximum Gasteiger partial charge on any atom is 0.00104 e. The summed E-state index contributed by atoms with van der Waals surface area (Å²) in [6.45, 7) is 4.51. The molecule has 0 saturated heterocycles. The highest BCUT2D eigenvalue weighted by atomic mass is 14.9. The smallest absolute Gasteiger partial charge is 0.00104 e. The molecule has 1 saturated carbocycles. The fraction of sp³-hybridized carbons (Fsp3) is 1.00. The molecule has 12 heavy (non-hydrogen) atoms. The van der Waals surface area contributed by atoms with E-state index in [9.17, 15) is 0 Å². The third-order valence-corrected chi connectivity index (χ3v) is 2.39. The van der Waals surface area contributed by atoms with Crippen molar-refractivity contribution in [2.75, 3.05) is 13.1 Å². The Morgan fingerprint density at radius 2 is 2.17 bits per heavy atom. The van der Waals surface area contributed by atoms with E-state index in [1.807, 2.05) is 0 Å². The van der Waals surface area contributed by atoms with Crippen molar-refractivity contribution in [3.63, 3.8) is 0 Å². The Labute approximate surface area is 75.9 Å². The predicted molar refractivity (Wildman–Crippen MR) is 53.1 cm³/mol. The Bertz CT molecular complexity index is 102. The molecule has 1 aliphatic carbocycles. The second-order valence-corrected chi connectivity index (χ2v) is 4.12. The van der Waals surface area contributed by atoms with Crippen molar-refractivity contribution in [3.8, 4) is 0 Å². The van der Waals surface area contributed by atoms with Crippen LogP contribution in [-0.2, 0) is 0 Å². The molecule has 0 spiro atoms. The first-order chi connectivity index (χ1) is 5.79. The van der Waals surface area contributed by atoms with Crippen molar-refractivity contribution >= 4 is 0 Å². The maximum atomic E-state index is 5.64. The van der Waals surface area contributed by atoms with E-state index in [1.165, 1.54) is 45.2 Å². The summed E-state index contributed by atoms with van der Waals surface area (Å²) in [5.74, 6) is 1.01. The molecular formula is C10H22N2. The van der Waals surface area contributed by atoms with E-state index in [4.69, 9.17) is 5.73 Å². The molecule has 0 aliphatic heterocycles. The molecule has 2 nitrogen and oxygen atoms in total. The topological polar surface area (TPSA) is 38.0 Å². The summed E-state index contributed by atoms with van der Waals surface area (Å²) in [7, 11) is 0. The number of hydrogen-bond acceptors (Lipinski definition) is 2. The van der Waals surface area contributed by atoms with Crippen molar-refractivity contribution in [1.29, 1.82) is 0 Å². The molecule has 1 aliphatic rings. The number of nitrogens with two attached hydrogens (primary N) is 1. The second-order valence-electron chi connectivity index (χ2n) is 4.12. The van der Waals surface area contributed by atoms with Crippen molar-refractivity contribution in [2.24, 2.45) is 11.7 Å². The minimum absolute atomic E-state index is 0.383. The zero-order valence-electron chi connectivity index (χ0n) is 8.18. The lowest BCUT2D eigenvalue weighted by molar-refractivity contribution is 0.553. The summed E-state index contributed by atoms with van der Waals surface area (Å²) >= 11 is 0. The summed E-state index contributed by atoms with van der Waals surface area (Å²) in [5.41, 5.74) is 5.64. The highest BCUT2D eigenvalue weighted by Gasteiger charge is 2.19. The van der Waals surface area contributed by atoms with Crippen molar-refractivity contribution in [1.82, 2.24) is 5.32 Å². The van der Waals surface area contributed by atoms with Crippen LogP contribution in [0.5, 0.6) is 0 Å². The standard InChI is InChI=1S/C10H22N2/c1-9(11)4-2-3-7-12-8-10-5-6-10/h9-10,12H,2-8,11H2,1H3. The molecular weight excluding hydrogens is 148 g/mol. The van der Waals surface area contributed by atoms with Crippen LogP contribution < -0.4 is 11.1 Å². The monoisotopic (exact) mass is 170 g/mol. The van der Waals surface area contributed by atoms with Crippen LogP contribution in [0.1, 0.15) is 39.0 Å². The molecule has 72 valence electrons. The zero-order chi connectivity index (χ0) is 8.81. The molecule has 0 aromatic carbocycles. The SMILES string of the molecule is CC(N)CCCCNCC1CC1. The Hall–Kier alpha value is -0.0800. The first-order valence-corrected chi connectivity index (χ1v) is 5.25. The maximum absolute atomic E-state index is 5.64. The van der Waals surface area contributed by atoms with Crippen molar-refractivity contribution < 1.29 is 0 Å². The van der Waals surface area contributed by atoms with Gasteiger partial charge in [0.1, 0.15) is 0 Å². The summed E-state index contributed by atoms with van der Waals surface area (Å²) in [6.07, 6.45) is 6.63. The molecule has 0 bridgehead atoms. The largest absolute Gasteiger partial charge is 0.328 e. The summed E-state index contributed by atoms with van der Waals surface area (Å²) in [6, 6.07) is 0.383. The van der Waals surface area contributed by atoms with Crippen LogP contribution in [0, 0.1) is 5.92 Å². The summed E-state index contributed by atoms with van der Waals surface area (Å²) in [5, 5.41) is 3.48. The molecule has 1 atom stereocenters. The van der Waals surface area contributed by atoms with Crippen LogP contribution in [0.15, 0.2) is 0 Å². The highest BCUT2D eigenvalue weighted by molar-refractivity contribution is 4.74. The second kappa shape index (κ2) is 5.55. The van der Waals surface area contributed by atoms with Gasteiger partial charge in [0.15, 0.2) is 0 Å². The Morgan fingerprint density at radius 3 is 2.75 bits per heavy atom. The van der Waals surface area contributed by atoms with Gasteiger partial charge in [-0.05, 0) is 51.6 Å². The molecule has 1 unspecified atom stereocenters. The van der Waals surface area contributed by atoms with E-state index in [1.54, 1.807) is 0 Å². The van der Waals surface area contributed by atoms with E-state index in [0.717, 1.165) is 5.92 Å². The molecule has 0 amide bonds. The fourth-order valence-corrected chi connectivity index (χ4v) is 1.34. The van der Waals surface area contributed by atoms with Gasteiger partial charge in [-0.15, -0.1) is 0 Å². The van der Waals surface area contributed by atoms with Gasteiger partial charge in [0.25, 0.3) is 0 Å². The van der Waals surface area contributed by atoms with E-state index >= 15 is 0 Å². The summed E-state index contributed by atoms with van der Waals surface area (Å²) in [4.78, 5) is 0. The van der Waals surface area contributed by atoms with Crippen LogP contribution in [0.3, 0.4) is 0 Å². The molecule has 0 radical (unpaired) electrons. The van der Waals surface area contributed by atoms with Gasteiger partial charge in [-0.2, -0.15) is 0 Å². The lowest BCUT2D eigenvalue weighted by Crippen LogP contribution is -2.19. The molecule has 0 heterocycles. The molecule has 1 rings (SSSR count). The van der Waals surface area contributed by atoms with Gasteiger partial charge in [-0.1, -0.05) is 6.42 Å². The quantitative estimate of drug-likeness (QED) is 0.568. The number of unbranched alkanes of at least 4 members (excludes halogenated alkanes) is 1. The van der Waals surface area contributed by atoms with Crippen LogP contribution in [0.2, 0.25) is 0 Å². The fourth-order valence-electron chi connectivity index (χ4n) is 1.34. The van der Waals surface area contributed by atoms with Gasteiger partial charge in [-0.3, -0.25) is 0 Å². The van der Waals surface area contributed by atoms with E-state index < -0.39 is 0 Å². The molecule has 0 aromatic rings. The molecule has 1 fully saturated rings. The van der Waals surface area contributed by atoms with Crippen LogP contribution in [-0.4, -0.2) is 19.1 Å². The van der Waals surface area contributed by atoms with Gasteiger partial charge in [-0.25, -0.2) is 0 Å². The van der Waals surface area contributed by atoms with Crippen molar-refractivity contribution in [3.05, 3.63) is 0 Å². The normalized spacial score (nSPS) is 19.5. The highest BCUT2D eigenvalue weighted by Crippen LogP contribution is 2.27. The van der Waals surface area contributed by atoms with Crippen LogP contribution in [0.25, 0.3) is 0 Å². The predicted octanol–water partition coefficient (Wildman–Crippen LogP) is 1.50. The number of nitrogens with one attached hydrogen (secondary N) is 1. The Balaban J connectivity index is 1.70. The van der Waals surface area contributed by atoms with Gasteiger partial charge >= 0.3 is 0 Å². The average Bonchev–Trinajstić information content (AvgIpc) is 2.79. The molecule has 3 N–H and O–H groups in total. The van der Waals surface area contributed by atoms with E-state index in [-0.39, 0.29) is 0 Å². The van der Waals surface area contributed by atoms with Gasteiger partial charge in [0, 0.05) is 6.04 Å². The third kappa shape index (κ3) is 5.56. The van der Waals surface area contributed by atoms with E-state index in [2.05, 4.69) is 12.2 Å². The lowest BCUT2D eigenvalue weighted by atomic mass is 10.1. The van der Waals surface area contributed by atoms with Gasteiger partial charge in [0.2, 0.25) is 0 Å². The summed E-state index contributed by atoms with van der Waals surface area (Å²) < 4.78 is 0. The zero-order valence-corrected chi connectivity index (χ0v) is 8.18. The van der Waals surface area contributed by atoms with Crippen LogP contribution in [0.4, 0.5) is 0 Å². The first-order valence-electron chi connectivity index (χ1n) is 5.25. The average molecular weight is 170 g/mol. The minimum atomic E-state index is 0.383. The Kier molecular flexibility index (Phi) is 4.62. The third-order valence-electron chi connectivity index (χ3n) is 2.39. The van der Waals surface area contributed by atoms with Gasteiger partial charge < -0.3 is 11.1 Å². The lowest BCUT2D eigenvalue weighted by Gasteiger charge is -2.05. The number of hydrogen-bond donors (Lipinski definition) is 2. The molecule has 0 aromatic heterocycles. The first kappa shape index (κ1) is 10.0. The molecule has 2 heteroatoms. The van der Waals surface area contributed by atoms with Crippen LogP contribution >= 0.6 is 0 Å². The van der Waals surface area contributed by atoms with Gasteiger partial charge in [0.05, 0.1) is 0 Å². The van der Waals surface area contributed by atoms with Crippen molar-refractivity contribution in [2.45, 2.75) is 45.1 Å². The number of rotatable bonds is 7.